The molecule has 0 unspecified atom stereocenters. The number of piperazine rings is 1. The Kier molecular flexibility index (Phi) is 6.05. The van der Waals surface area contributed by atoms with Crippen LogP contribution in [-0.2, 0) is 12.7 Å². The quantitative estimate of drug-likeness (QED) is 0.580. The van der Waals surface area contributed by atoms with Gasteiger partial charge in [0, 0.05) is 43.8 Å². The number of halogens is 3. The lowest BCUT2D eigenvalue weighted by atomic mass is 10.1. The Hall–Kier alpha value is -3.14. The van der Waals surface area contributed by atoms with Gasteiger partial charge in [-0.2, -0.15) is 18.3 Å². The maximum Gasteiger partial charge on any atom is 0.416 e. The summed E-state index contributed by atoms with van der Waals surface area (Å²) in [6.45, 7) is 8.95. The highest BCUT2D eigenvalue weighted by molar-refractivity contribution is 5.92. The highest BCUT2D eigenvalue weighted by atomic mass is 19.4. The van der Waals surface area contributed by atoms with E-state index >= 15 is 0 Å². The lowest BCUT2D eigenvalue weighted by molar-refractivity contribution is -0.137. The lowest BCUT2D eigenvalue weighted by Gasteiger charge is -2.35. The molecule has 3 N–H and O–H groups in total. The second kappa shape index (κ2) is 8.78. The summed E-state index contributed by atoms with van der Waals surface area (Å²) in [5.74, 6) is 0.475. The van der Waals surface area contributed by atoms with E-state index < -0.39 is 11.7 Å². The SMILES string of the molecule is CCN1CCN(c2cnc3c(C)nnc(NCc4cc(N)cc(C(F)(F)F)c4)c3c2)CC1. The van der Waals surface area contributed by atoms with E-state index in [9.17, 15) is 13.2 Å². The number of aryl methyl sites for hydroxylation is 1. The molecule has 0 saturated carbocycles. The maximum atomic E-state index is 13.1. The van der Waals surface area contributed by atoms with Crippen LogP contribution in [-0.4, -0.2) is 52.8 Å². The highest BCUT2D eigenvalue weighted by Crippen LogP contribution is 2.32. The van der Waals surface area contributed by atoms with E-state index in [-0.39, 0.29) is 12.2 Å². The zero-order valence-corrected chi connectivity index (χ0v) is 18.1. The third kappa shape index (κ3) is 4.69. The fourth-order valence-corrected chi connectivity index (χ4v) is 3.94. The number of benzene rings is 1. The molecule has 170 valence electrons. The summed E-state index contributed by atoms with van der Waals surface area (Å²) in [6.07, 6.45) is -2.61. The molecule has 0 radical (unpaired) electrons. The van der Waals surface area contributed by atoms with Gasteiger partial charge in [-0.1, -0.05) is 6.92 Å². The zero-order valence-electron chi connectivity index (χ0n) is 18.1. The molecular formula is C22H26F3N7. The molecule has 1 aliphatic heterocycles. The van der Waals surface area contributed by atoms with Crippen molar-refractivity contribution in [2.45, 2.75) is 26.6 Å². The van der Waals surface area contributed by atoms with Gasteiger partial charge in [-0.3, -0.25) is 4.98 Å². The fraction of sp³-hybridized carbons (Fsp3) is 0.409. The third-order valence-corrected chi connectivity index (χ3v) is 5.76. The van der Waals surface area contributed by atoms with E-state index in [0.29, 0.717) is 22.6 Å². The molecule has 0 spiro atoms. The fourth-order valence-electron chi connectivity index (χ4n) is 3.94. The molecule has 32 heavy (non-hydrogen) atoms. The molecule has 1 saturated heterocycles. The molecule has 1 fully saturated rings. The predicted octanol–water partition coefficient (Wildman–Crippen LogP) is 3.69. The summed E-state index contributed by atoms with van der Waals surface area (Å²) < 4.78 is 39.4. The minimum absolute atomic E-state index is 0.0617. The Labute approximate surface area is 184 Å². The number of likely N-dealkylation sites (N-methyl/N-ethyl adjacent to an activating group) is 1. The summed E-state index contributed by atoms with van der Waals surface area (Å²) in [4.78, 5) is 9.29. The summed E-state index contributed by atoms with van der Waals surface area (Å²) in [7, 11) is 0. The van der Waals surface area contributed by atoms with Crippen LogP contribution in [0.3, 0.4) is 0 Å². The second-order valence-electron chi connectivity index (χ2n) is 7.96. The van der Waals surface area contributed by atoms with Crippen LogP contribution in [0.15, 0.2) is 30.5 Å². The van der Waals surface area contributed by atoms with Gasteiger partial charge < -0.3 is 20.9 Å². The molecule has 0 atom stereocenters. The molecule has 3 aromatic rings. The molecule has 0 amide bonds. The first-order chi connectivity index (χ1) is 15.2. The number of rotatable bonds is 5. The van der Waals surface area contributed by atoms with Gasteiger partial charge in [0.05, 0.1) is 28.7 Å². The monoisotopic (exact) mass is 445 g/mol. The van der Waals surface area contributed by atoms with E-state index in [1.165, 1.54) is 6.07 Å². The Morgan fingerprint density at radius 3 is 2.50 bits per heavy atom. The largest absolute Gasteiger partial charge is 0.416 e. The normalized spacial score (nSPS) is 15.3. The first-order valence-electron chi connectivity index (χ1n) is 10.6. The molecule has 7 nitrogen and oxygen atoms in total. The van der Waals surface area contributed by atoms with Crippen molar-refractivity contribution in [3.05, 3.63) is 47.3 Å². The Morgan fingerprint density at radius 2 is 1.81 bits per heavy atom. The van der Waals surface area contributed by atoms with E-state index in [1.54, 1.807) is 0 Å². The Balaban J connectivity index is 1.60. The van der Waals surface area contributed by atoms with Crippen LogP contribution in [0.25, 0.3) is 10.9 Å². The first-order valence-corrected chi connectivity index (χ1v) is 10.6. The van der Waals surface area contributed by atoms with Gasteiger partial charge in [0.1, 0.15) is 0 Å². The smallest absolute Gasteiger partial charge is 0.399 e. The summed E-state index contributed by atoms with van der Waals surface area (Å²) in [5.41, 5.74) is 7.77. The number of nitrogens with one attached hydrogen (secondary N) is 1. The van der Waals surface area contributed by atoms with Crippen molar-refractivity contribution >= 4 is 28.1 Å². The number of alkyl halides is 3. The molecule has 2 aromatic heterocycles. The molecule has 1 aliphatic rings. The number of nitrogens with zero attached hydrogens (tertiary/aromatic N) is 5. The molecule has 3 heterocycles. The van der Waals surface area contributed by atoms with E-state index in [2.05, 4.69) is 37.2 Å². The van der Waals surface area contributed by atoms with Gasteiger partial charge in [0.2, 0.25) is 0 Å². The van der Waals surface area contributed by atoms with Gasteiger partial charge >= 0.3 is 6.18 Å². The van der Waals surface area contributed by atoms with E-state index in [0.717, 1.165) is 55.9 Å². The highest BCUT2D eigenvalue weighted by Gasteiger charge is 2.31. The van der Waals surface area contributed by atoms with E-state index in [1.807, 2.05) is 19.2 Å². The number of pyridine rings is 1. The molecule has 1 aromatic carbocycles. The van der Waals surface area contributed by atoms with Crippen molar-refractivity contribution < 1.29 is 13.2 Å². The van der Waals surface area contributed by atoms with Crippen molar-refractivity contribution in [3.8, 4) is 0 Å². The van der Waals surface area contributed by atoms with Crippen molar-refractivity contribution in [3.63, 3.8) is 0 Å². The molecular weight excluding hydrogens is 419 g/mol. The van der Waals surface area contributed by atoms with Crippen LogP contribution in [0, 0.1) is 6.92 Å². The van der Waals surface area contributed by atoms with Gasteiger partial charge in [-0.05, 0) is 43.3 Å². The number of hydrogen-bond acceptors (Lipinski definition) is 7. The standard InChI is InChI=1S/C22H26F3N7/c1-3-31-4-6-32(7-5-31)18-11-19-20(27-13-18)14(2)29-30-21(19)28-12-15-8-16(22(23,24)25)10-17(26)9-15/h8-11,13H,3-7,12,26H2,1-2H3,(H,28,30). The maximum absolute atomic E-state index is 13.1. The predicted molar refractivity (Wildman–Crippen MR) is 120 cm³/mol. The number of hydrogen-bond donors (Lipinski definition) is 2. The Morgan fingerprint density at radius 1 is 1.06 bits per heavy atom. The van der Waals surface area contributed by atoms with Crippen LogP contribution in [0.4, 0.5) is 30.4 Å². The van der Waals surface area contributed by atoms with Crippen molar-refractivity contribution in [1.82, 2.24) is 20.1 Å². The van der Waals surface area contributed by atoms with Crippen LogP contribution in [0.2, 0.25) is 0 Å². The van der Waals surface area contributed by atoms with Crippen molar-refractivity contribution in [1.29, 1.82) is 0 Å². The van der Waals surface area contributed by atoms with Crippen molar-refractivity contribution in [2.75, 3.05) is 48.7 Å². The summed E-state index contributed by atoms with van der Waals surface area (Å²) in [6, 6.07) is 5.56. The van der Waals surface area contributed by atoms with Crippen LogP contribution >= 0.6 is 0 Å². The first kappa shape index (κ1) is 22.1. The van der Waals surface area contributed by atoms with Gasteiger partial charge in [0.25, 0.3) is 0 Å². The van der Waals surface area contributed by atoms with Crippen molar-refractivity contribution in [2.24, 2.45) is 0 Å². The van der Waals surface area contributed by atoms with Crippen LogP contribution in [0.1, 0.15) is 23.7 Å². The topological polar surface area (TPSA) is 83.2 Å². The van der Waals surface area contributed by atoms with Crippen LogP contribution in [0.5, 0.6) is 0 Å². The number of nitrogens with two attached hydrogens (primary N) is 1. The number of aromatic nitrogens is 3. The number of nitrogen functional groups attached to an aromatic ring is 1. The second-order valence-corrected chi connectivity index (χ2v) is 7.96. The Bertz CT molecular complexity index is 1110. The number of fused-ring (bicyclic) bond motifs is 1. The lowest BCUT2D eigenvalue weighted by Crippen LogP contribution is -2.46. The van der Waals surface area contributed by atoms with Crippen LogP contribution < -0.4 is 16.0 Å². The van der Waals surface area contributed by atoms with Gasteiger partial charge in [0.15, 0.2) is 5.82 Å². The van der Waals surface area contributed by atoms with Gasteiger partial charge in [-0.15, -0.1) is 5.10 Å². The zero-order chi connectivity index (χ0) is 22.9. The average Bonchev–Trinajstić information content (AvgIpc) is 2.77. The minimum Gasteiger partial charge on any atom is -0.399 e. The number of anilines is 3. The average molecular weight is 445 g/mol. The van der Waals surface area contributed by atoms with E-state index in [4.69, 9.17) is 5.73 Å². The molecule has 0 bridgehead atoms. The molecule has 0 aliphatic carbocycles. The summed E-state index contributed by atoms with van der Waals surface area (Å²) >= 11 is 0. The minimum atomic E-state index is -4.46. The van der Waals surface area contributed by atoms with Gasteiger partial charge in [-0.25, -0.2) is 0 Å². The molecule has 4 rings (SSSR count). The molecule has 10 heteroatoms. The summed E-state index contributed by atoms with van der Waals surface area (Å²) in [5, 5.41) is 12.3. The third-order valence-electron chi connectivity index (χ3n) is 5.76.